The van der Waals surface area contributed by atoms with E-state index in [0.717, 1.165) is 12.5 Å². The molecule has 1 aromatic carbocycles. The average Bonchev–Trinajstić information content (AvgIpc) is 2.55. The van der Waals surface area contributed by atoms with E-state index in [1.54, 1.807) is 0 Å². The summed E-state index contributed by atoms with van der Waals surface area (Å²) in [5.41, 5.74) is 1.21. The van der Waals surface area contributed by atoms with Gasteiger partial charge in [-0.25, -0.2) is 0 Å². The van der Waals surface area contributed by atoms with E-state index in [-0.39, 0.29) is 24.0 Å². The maximum absolute atomic E-state index is 5.66. The van der Waals surface area contributed by atoms with Crippen LogP contribution < -0.4 is 10.6 Å². The molecule has 0 aromatic heterocycles. The molecule has 1 aliphatic rings. The van der Waals surface area contributed by atoms with E-state index in [1.807, 2.05) is 37.0 Å². The predicted molar refractivity (Wildman–Crippen MR) is 106 cm³/mol. The zero-order valence-electron chi connectivity index (χ0n) is 13.1. The number of hydrogen-bond donors (Lipinski definition) is 2. The maximum atomic E-state index is 5.66. The summed E-state index contributed by atoms with van der Waals surface area (Å²) in [6.45, 7) is 2.11. The minimum absolute atomic E-state index is 0. The van der Waals surface area contributed by atoms with Crippen LogP contribution in [0.3, 0.4) is 0 Å². The second kappa shape index (κ2) is 12.0. The fourth-order valence-electron chi connectivity index (χ4n) is 2.25. The van der Waals surface area contributed by atoms with Gasteiger partial charge in [0.2, 0.25) is 0 Å². The maximum Gasteiger partial charge on any atom is 0.191 e. The van der Waals surface area contributed by atoms with Crippen LogP contribution in [0.5, 0.6) is 0 Å². The molecular weight excluding hydrogens is 409 g/mol. The van der Waals surface area contributed by atoms with E-state index < -0.39 is 0 Å². The number of benzene rings is 1. The van der Waals surface area contributed by atoms with Crippen molar-refractivity contribution in [1.82, 2.24) is 10.6 Å². The molecular formula is C16H26IN3OS. The lowest BCUT2D eigenvalue weighted by atomic mass is 10.2. The topological polar surface area (TPSA) is 45.7 Å². The van der Waals surface area contributed by atoms with Gasteiger partial charge in [0.1, 0.15) is 0 Å². The van der Waals surface area contributed by atoms with E-state index in [1.165, 1.54) is 29.9 Å². The van der Waals surface area contributed by atoms with Crippen molar-refractivity contribution in [3.63, 3.8) is 0 Å². The Hall–Kier alpha value is -0.470. The van der Waals surface area contributed by atoms with Crippen LogP contribution in [0.1, 0.15) is 18.4 Å². The van der Waals surface area contributed by atoms with Gasteiger partial charge in [-0.05, 0) is 24.2 Å². The molecule has 0 saturated carbocycles. The number of nitrogens with one attached hydrogen (secondary N) is 2. The molecule has 124 valence electrons. The van der Waals surface area contributed by atoms with Crippen LogP contribution in [0.2, 0.25) is 0 Å². The number of ether oxygens (including phenoxy) is 1. The lowest BCUT2D eigenvalue weighted by Crippen LogP contribution is -2.46. The van der Waals surface area contributed by atoms with Crippen LogP contribution in [0, 0.1) is 0 Å². The number of thioether (sulfide) groups is 1. The van der Waals surface area contributed by atoms with Gasteiger partial charge in [-0.2, -0.15) is 11.8 Å². The van der Waals surface area contributed by atoms with Gasteiger partial charge in [0.15, 0.2) is 5.96 Å². The highest BCUT2D eigenvalue weighted by Crippen LogP contribution is 2.16. The van der Waals surface area contributed by atoms with E-state index in [4.69, 9.17) is 4.74 Å². The summed E-state index contributed by atoms with van der Waals surface area (Å²) in [6.07, 6.45) is 2.53. The summed E-state index contributed by atoms with van der Waals surface area (Å²) in [5, 5.41) is 6.78. The third-order valence-electron chi connectivity index (χ3n) is 3.38. The highest BCUT2D eigenvalue weighted by Gasteiger charge is 2.14. The quantitative estimate of drug-likeness (QED) is 0.312. The molecule has 6 heteroatoms. The predicted octanol–water partition coefficient (Wildman–Crippen LogP) is 2.88. The molecule has 4 nitrogen and oxygen atoms in total. The van der Waals surface area contributed by atoms with Crippen LogP contribution in [-0.2, 0) is 11.3 Å². The molecule has 0 bridgehead atoms. The van der Waals surface area contributed by atoms with Crippen LogP contribution in [0.15, 0.2) is 35.3 Å². The van der Waals surface area contributed by atoms with Crippen molar-refractivity contribution in [2.24, 2.45) is 4.99 Å². The molecule has 2 rings (SSSR count). The molecule has 1 aliphatic heterocycles. The fraction of sp³-hybridized carbons (Fsp3) is 0.562. The number of nitrogens with zero attached hydrogens (tertiary/aromatic N) is 1. The molecule has 1 atom stereocenters. The molecule has 1 saturated heterocycles. The molecule has 1 heterocycles. The van der Waals surface area contributed by atoms with Gasteiger partial charge in [0.05, 0.1) is 13.2 Å². The van der Waals surface area contributed by atoms with Gasteiger partial charge in [0, 0.05) is 25.4 Å². The molecule has 1 aromatic rings. The molecule has 1 fully saturated rings. The summed E-state index contributed by atoms with van der Waals surface area (Å²) in [7, 11) is 1.82. The van der Waals surface area contributed by atoms with Gasteiger partial charge in [-0.15, -0.1) is 24.0 Å². The first-order valence-corrected chi connectivity index (χ1v) is 8.70. The Balaban J connectivity index is 0.00000242. The molecule has 0 spiro atoms. The second-order valence-corrected chi connectivity index (χ2v) is 6.25. The normalized spacial score (nSPS) is 18.4. The Morgan fingerprint density at radius 3 is 2.86 bits per heavy atom. The van der Waals surface area contributed by atoms with Crippen molar-refractivity contribution < 1.29 is 4.74 Å². The summed E-state index contributed by atoms with van der Waals surface area (Å²) < 4.78 is 5.66. The lowest BCUT2D eigenvalue weighted by Gasteiger charge is -2.24. The van der Waals surface area contributed by atoms with Crippen molar-refractivity contribution in [3.05, 3.63) is 35.9 Å². The first kappa shape index (κ1) is 19.6. The Labute approximate surface area is 154 Å². The van der Waals surface area contributed by atoms with Crippen LogP contribution in [0.4, 0.5) is 0 Å². The van der Waals surface area contributed by atoms with E-state index in [9.17, 15) is 0 Å². The Morgan fingerprint density at radius 1 is 1.36 bits per heavy atom. The van der Waals surface area contributed by atoms with Gasteiger partial charge >= 0.3 is 0 Å². The zero-order valence-corrected chi connectivity index (χ0v) is 16.2. The summed E-state index contributed by atoms with van der Waals surface area (Å²) in [5.74, 6) is 3.34. The third kappa shape index (κ3) is 7.69. The first-order valence-electron chi connectivity index (χ1n) is 7.55. The van der Waals surface area contributed by atoms with Gasteiger partial charge < -0.3 is 15.4 Å². The first-order chi connectivity index (χ1) is 10.4. The number of guanidine groups is 1. The van der Waals surface area contributed by atoms with Crippen molar-refractivity contribution in [2.45, 2.75) is 25.5 Å². The van der Waals surface area contributed by atoms with Crippen molar-refractivity contribution in [1.29, 1.82) is 0 Å². The van der Waals surface area contributed by atoms with Gasteiger partial charge in [-0.1, -0.05) is 30.3 Å². The van der Waals surface area contributed by atoms with Gasteiger partial charge in [-0.3, -0.25) is 4.99 Å². The molecule has 2 N–H and O–H groups in total. The Bertz CT molecular complexity index is 425. The van der Waals surface area contributed by atoms with Crippen LogP contribution in [-0.4, -0.2) is 43.7 Å². The van der Waals surface area contributed by atoms with E-state index >= 15 is 0 Å². The van der Waals surface area contributed by atoms with Crippen molar-refractivity contribution in [3.8, 4) is 0 Å². The minimum Gasteiger partial charge on any atom is -0.375 e. The monoisotopic (exact) mass is 435 g/mol. The number of hydrogen-bond acceptors (Lipinski definition) is 3. The summed E-state index contributed by atoms with van der Waals surface area (Å²) in [4.78, 5) is 4.27. The van der Waals surface area contributed by atoms with Gasteiger partial charge in [0.25, 0.3) is 0 Å². The second-order valence-electron chi connectivity index (χ2n) is 5.10. The Morgan fingerprint density at radius 2 is 2.18 bits per heavy atom. The summed E-state index contributed by atoms with van der Waals surface area (Å²) >= 11 is 2.02. The highest BCUT2D eigenvalue weighted by atomic mass is 127. The Kier molecular flexibility index (Phi) is 10.7. The molecule has 1 unspecified atom stereocenters. The van der Waals surface area contributed by atoms with E-state index in [0.29, 0.717) is 19.3 Å². The average molecular weight is 435 g/mol. The highest BCUT2D eigenvalue weighted by molar-refractivity contribution is 14.0. The largest absolute Gasteiger partial charge is 0.375 e. The number of rotatable bonds is 6. The standard InChI is InChI=1S/C16H25N3OS.HI/c1-17-16(19-15-8-5-11-21-13-15)18-9-10-20-12-14-6-3-2-4-7-14;/h2-4,6-7,15H,5,8-13H2,1H3,(H2,17,18,19);1H. The van der Waals surface area contributed by atoms with Crippen LogP contribution in [0.25, 0.3) is 0 Å². The van der Waals surface area contributed by atoms with Crippen molar-refractivity contribution >= 4 is 41.7 Å². The molecule has 22 heavy (non-hydrogen) atoms. The number of halogens is 1. The van der Waals surface area contributed by atoms with Crippen molar-refractivity contribution in [2.75, 3.05) is 31.7 Å². The summed E-state index contributed by atoms with van der Waals surface area (Å²) in [6, 6.07) is 10.8. The van der Waals surface area contributed by atoms with E-state index in [2.05, 4.69) is 27.8 Å². The molecule has 0 aliphatic carbocycles. The molecule has 0 amide bonds. The number of aliphatic imine (C=N–C) groups is 1. The SMILES string of the molecule is CN=C(NCCOCc1ccccc1)NC1CCCSC1.I. The smallest absolute Gasteiger partial charge is 0.191 e. The lowest BCUT2D eigenvalue weighted by molar-refractivity contribution is 0.125. The molecule has 0 radical (unpaired) electrons. The minimum atomic E-state index is 0. The van der Waals surface area contributed by atoms with Crippen LogP contribution >= 0.6 is 35.7 Å². The third-order valence-corrected chi connectivity index (χ3v) is 4.59. The fourth-order valence-corrected chi connectivity index (χ4v) is 3.32. The zero-order chi connectivity index (χ0) is 14.8.